The third-order valence-corrected chi connectivity index (χ3v) is 5.11. The molecule has 0 radical (unpaired) electrons. The molecule has 1 unspecified atom stereocenters. The number of rotatable bonds is 9. The Bertz CT molecular complexity index is 1300. The molecule has 3 aromatic rings. The van der Waals surface area contributed by atoms with Crippen LogP contribution in [0.3, 0.4) is 0 Å². The van der Waals surface area contributed by atoms with Gasteiger partial charge in [-0.05, 0) is 29.3 Å². The average Bonchev–Trinajstić information content (AvgIpc) is 2.81. The lowest BCUT2D eigenvalue weighted by Gasteiger charge is -2.19. The molecule has 2 aromatic carbocycles. The quantitative estimate of drug-likeness (QED) is 0.380. The lowest BCUT2D eigenvalue weighted by molar-refractivity contribution is 0.0242. The molecule has 8 nitrogen and oxygen atoms in total. The first kappa shape index (κ1) is 22.7. The Morgan fingerprint density at radius 3 is 2.03 bits per heavy atom. The monoisotopic (exact) mass is 435 g/mol. The second-order valence-electron chi connectivity index (χ2n) is 7.25. The van der Waals surface area contributed by atoms with Crippen LogP contribution in [-0.4, -0.2) is 25.8 Å². The van der Waals surface area contributed by atoms with Crippen molar-refractivity contribution >= 4 is 16.7 Å². The van der Waals surface area contributed by atoms with E-state index in [4.69, 9.17) is 4.74 Å². The summed E-state index contributed by atoms with van der Waals surface area (Å²) in [6, 6.07) is 12.9. The third kappa shape index (κ3) is 4.54. The van der Waals surface area contributed by atoms with Gasteiger partial charge >= 0.3 is 23.0 Å². The van der Waals surface area contributed by atoms with E-state index in [0.29, 0.717) is 12.0 Å². The molecule has 8 heteroatoms. The molecule has 0 bridgehead atoms. The van der Waals surface area contributed by atoms with Crippen molar-refractivity contribution in [3.8, 4) is 0 Å². The van der Waals surface area contributed by atoms with Crippen molar-refractivity contribution in [3.05, 3.63) is 105 Å². The molecule has 0 aliphatic rings. The molecule has 166 valence electrons. The number of aromatic nitrogens is 3. The summed E-state index contributed by atoms with van der Waals surface area (Å²) in [6.07, 6.45) is 2.42. The summed E-state index contributed by atoms with van der Waals surface area (Å²) in [7, 11) is 0. The zero-order chi connectivity index (χ0) is 23.3. The number of hydrogen-bond acceptors (Lipinski definition) is 5. The molecule has 0 fully saturated rings. The van der Waals surface area contributed by atoms with Crippen LogP contribution in [0.25, 0.3) is 10.8 Å². The van der Waals surface area contributed by atoms with Crippen LogP contribution in [0.15, 0.2) is 82.2 Å². The van der Waals surface area contributed by atoms with Crippen molar-refractivity contribution in [3.63, 3.8) is 0 Å². The molecule has 1 heterocycles. The molecule has 0 aliphatic heterocycles. The van der Waals surface area contributed by atoms with Crippen molar-refractivity contribution in [1.82, 2.24) is 13.7 Å². The maximum Gasteiger partial charge on any atom is 0.338 e. The van der Waals surface area contributed by atoms with Crippen LogP contribution < -0.4 is 17.1 Å². The molecular weight excluding hydrogens is 410 g/mol. The van der Waals surface area contributed by atoms with E-state index in [9.17, 15) is 19.2 Å². The van der Waals surface area contributed by atoms with Gasteiger partial charge in [-0.2, -0.15) is 0 Å². The molecule has 1 atom stereocenters. The van der Waals surface area contributed by atoms with Gasteiger partial charge in [0.15, 0.2) is 0 Å². The van der Waals surface area contributed by atoms with E-state index in [1.165, 1.54) is 12.2 Å². The number of carbonyl (C=O) groups excluding carboxylic acids is 1. The first-order valence-electron chi connectivity index (χ1n) is 10.3. The highest BCUT2D eigenvalue weighted by atomic mass is 16.5. The molecule has 0 saturated heterocycles. The molecule has 1 aromatic heterocycles. The van der Waals surface area contributed by atoms with E-state index >= 15 is 0 Å². The molecule has 0 spiro atoms. The Morgan fingerprint density at radius 2 is 1.47 bits per heavy atom. The summed E-state index contributed by atoms with van der Waals surface area (Å²) < 4.78 is 8.34. The number of ether oxygens (including phenoxy) is 1. The van der Waals surface area contributed by atoms with Gasteiger partial charge in [-0.3, -0.25) is 0 Å². The summed E-state index contributed by atoms with van der Waals surface area (Å²) in [5.41, 5.74) is -1.92. The standard InChI is InChI=1S/C24H25N3O5/c1-4-13-25-22(29)26(14-5-2)24(31)27(23(25)30)16-20(6-3)32-21(28)19-12-11-17-9-7-8-10-18(17)15-19/h4-5,7-12,15,20H,1-2,6,13-14,16H2,3H3. The van der Waals surface area contributed by atoms with E-state index in [0.717, 1.165) is 24.5 Å². The predicted octanol–water partition coefficient (Wildman–Crippen LogP) is 2.33. The Kier molecular flexibility index (Phi) is 7.04. The first-order valence-corrected chi connectivity index (χ1v) is 10.3. The zero-order valence-corrected chi connectivity index (χ0v) is 17.9. The normalized spacial score (nSPS) is 11.8. The van der Waals surface area contributed by atoms with E-state index in [2.05, 4.69) is 13.2 Å². The van der Waals surface area contributed by atoms with E-state index in [1.807, 2.05) is 30.3 Å². The smallest absolute Gasteiger partial charge is 0.338 e. The minimum atomic E-state index is -0.777. The van der Waals surface area contributed by atoms with Gasteiger partial charge in [-0.25, -0.2) is 32.9 Å². The van der Waals surface area contributed by atoms with Gasteiger partial charge in [0.05, 0.1) is 25.2 Å². The minimum Gasteiger partial charge on any atom is -0.457 e. The molecule has 0 saturated carbocycles. The van der Waals surface area contributed by atoms with Crippen molar-refractivity contribution in [1.29, 1.82) is 0 Å². The fourth-order valence-corrected chi connectivity index (χ4v) is 3.40. The first-order chi connectivity index (χ1) is 15.4. The van der Waals surface area contributed by atoms with Crippen LogP contribution in [0.1, 0.15) is 23.7 Å². The highest BCUT2D eigenvalue weighted by Gasteiger charge is 2.20. The van der Waals surface area contributed by atoms with Gasteiger partial charge in [0.2, 0.25) is 0 Å². The Labute approximate surface area is 184 Å². The second kappa shape index (κ2) is 9.91. The predicted molar refractivity (Wildman–Crippen MR) is 123 cm³/mol. The van der Waals surface area contributed by atoms with Gasteiger partial charge in [0, 0.05) is 0 Å². The van der Waals surface area contributed by atoms with Gasteiger partial charge in [0.25, 0.3) is 0 Å². The summed E-state index contributed by atoms with van der Waals surface area (Å²) in [5.74, 6) is -0.554. The maximum absolute atomic E-state index is 12.8. The highest BCUT2D eigenvalue weighted by Crippen LogP contribution is 2.17. The van der Waals surface area contributed by atoms with Crippen LogP contribution in [0.4, 0.5) is 0 Å². The lowest BCUT2D eigenvalue weighted by atomic mass is 10.1. The van der Waals surface area contributed by atoms with Crippen LogP contribution in [-0.2, 0) is 24.4 Å². The number of fused-ring (bicyclic) bond motifs is 1. The highest BCUT2D eigenvalue weighted by molar-refractivity contribution is 5.95. The van der Waals surface area contributed by atoms with E-state index in [-0.39, 0.29) is 19.6 Å². The van der Waals surface area contributed by atoms with Crippen LogP contribution in [0.5, 0.6) is 0 Å². The van der Waals surface area contributed by atoms with Crippen molar-refractivity contribution in [2.45, 2.75) is 39.1 Å². The number of nitrogens with zero attached hydrogens (tertiary/aromatic N) is 3. The summed E-state index contributed by atoms with van der Waals surface area (Å²) in [5, 5.41) is 1.89. The zero-order valence-electron chi connectivity index (χ0n) is 17.9. The molecule has 3 rings (SSSR count). The van der Waals surface area contributed by atoms with Crippen molar-refractivity contribution in [2.24, 2.45) is 0 Å². The fraction of sp³-hybridized carbons (Fsp3) is 0.250. The number of carbonyl (C=O) groups is 1. The fourth-order valence-electron chi connectivity index (χ4n) is 3.40. The number of benzene rings is 2. The van der Waals surface area contributed by atoms with Crippen LogP contribution >= 0.6 is 0 Å². The van der Waals surface area contributed by atoms with Gasteiger partial charge in [0.1, 0.15) is 6.10 Å². The molecule has 0 N–H and O–H groups in total. The third-order valence-electron chi connectivity index (χ3n) is 5.11. The maximum atomic E-state index is 12.8. The average molecular weight is 435 g/mol. The van der Waals surface area contributed by atoms with E-state index in [1.54, 1.807) is 19.1 Å². The molecule has 0 amide bonds. The molecular formula is C24H25N3O5. The summed E-state index contributed by atoms with van der Waals surface area (Å²) in [4.78, 5) is 50.9. The van der Waals surface area contributed by atoms with Gasteiger partial charge in [-0.15, -0.1) is 13.2 Å². The number of hydrogen-bond donors (Lipinski definition) is 0. The van der Waals surface area contributed by atoms with Crippen LogP contribution in [0, 0.1) is 0 Å². The Morgan fingerprint density at radius 1 is 0.906 bits per heavy atom. The van der Waals surface area contributed by atoms with Crippen molar-refractivity contribution < 1.29 is 9.53 Å². The van der Waals surface area contributed by atoms with Gasteiger partial charge in [-0.1, -0.05) is 49.4 Å². The second-order valence-corrected chi connectivity index (χ2v) is 7.25. The van der Waals surface area contributed by atoms with E-state index < -0.39 is 29.1 Å². The van der Waals surface area contributed by atoms with Crippen LogP contribution in [0.2, 0.25) is 0 Å². The summed E-state index contributed by atoms with van der Waals surface area (Å²) in [6.45, 7) is 8.60. The number of esters is 1. The summed E-state index contributed by atoms with van der Waals surface area (Å²) >= 11 is 0. The van der Waals surface area contributed by atoms with Gasteiger partial charge < -0.3 is 4.74 Å². The SMILES string of the molecule is C=CCn1c(=O)n(CC=C)c(=O)n(CC(CC)OC(=O)c2ccc3ccccc3c2)c1=O. The Balaban J connectivity index is 1.93. The molecule has 0 aliphatic carbocycles. The Hall–Kier alpha value is -3.94. The lowest BCUT2D eigenvalue weighted by Crippen LogP contribution is -2.55. The minimum absolute atomic E-state index is 0.0528. The topological polar surface area (TPSA) is 92.3 Å². The largest absolute Gasteiger partial charge is 0.457 e. The van der Waals surface area contributed by atoms with Crippen molar-refractivity contribution in [2.75, 3.05) is 0 Å². The number of allylic oxidation sites excluding steroid dienone is 2. The molecule has 32 heavy (non-hydrogen) atoms.